The first-order valence-corrected chi connectivity index (χ1v) is 14.3. The molecule has 5 aromatic rings. The highest BCUT2D eigenvalue weighted by Gasteiger charge is 2.46. The van der Waals surface area contributed by atoms with Gasteiger partial charge >= 0.3 is 0 Å². The summed E-state index contributed by atoms with van der Waals surface area (Å²) in [6.07, 6.45) is 0. The summed E-state index contributed by atoms with van der Waals surface area (Å²) in [5, 5.41) is 2.59. The predicted octanol–water partition coefficient (Wildman–Crippen LogP) is 7.59. The summed E-state index contributed by atoms with van der Waals surface area (Å²) in [5.41, 5.74) is 4.17. The third kappa shape index (κ3) is 2.94. The lowest BCUT2D eigenvalue weighted by Gasteiger charge is -2.17. The van der Waals surface area contributed by atoms with E-state index in [1.807, 2.05) is 54.6 Å². The summed E-state index contributed by atoms with van der Waals surface area (Å²) in [5.74, 6) is 1.60. The lowest BCUT2D eigenvalue weighted by atomic mass is 10.0. The maximum Gasteiger partial charge on any atom is 0.176 e. The predicted molar refractivity (Wildman–Crippen MR) is 143 cm³/mol. The van der Waals surface area contributed by atoms with Gasteiger partial charge in [-0.05, 0) is 39.8 Å². The van der Waals surface area contributed by atoms with Crippen molar-refractivity contribution < 1.29 is 8.98 Å². The van der Waals surface area contributed by atoms with Crippen LogP contribution in [0.4, 0.5) is 0 Å². The molecule has 0 radical (unpaired) electrons. The Morgan fingerprint density at radius 3 is 1.94 bits per heavy atom. The fourth-order valence-corrected chi connectivity index (χ4v) is 10.1. The first kappa shape index (κ1) is 20.9. The maximum absolute atomic E-state index is 15.3. The summed E-state index contributed by atoms with van der Waals surface area (Å²) in [6.45, 7) is 8.55. The standard InChI is InChI=1S/C28H23O2PS2/c1-16-14-22(18(3)32-16)25-26(23-15-17(2)33-19(23)4)30-27-21-12-8-9-13-24(21)31(29,28(25)27)20-10-6-5-7-11-20/h5-15H,1-4H3. The highest BCUT2D eigenvalue weighted by Crippen LogP contribution is 2.58. The molecule has 0 spiro atoms. The van der Waals surface area contributed by atoms with Gasteiger partial charge in [0.15, 0.2) is 7.14 Å². The minimum atomic E-state index is -3.11. The normalized spacial score (nSPS) is 16.7. The quantitative estimate of drug-likeness (QED) is 0.241. The van der Waals surface area contributed by atoms with Crippen molar-refractivity contribution in [3.8, 4) is 33.8 Å². The average molecular weight is 487 g/mol. The Morgan fingerprint density at radius 2 is 1.30 bits per heavy atom. The zero-order chi connectivity index (χ0) is 22.9. The van der Waals surface area contributed by atoms with Gasteiger partial charge < -0.3 is 8.98 Å². The lowest BCUT2D eigenvalue weighted by molar-refractivity contribution is 0.592. The number of aryl methyl sites for hydroxylation is 4. The lowest BCUT2D eigenvalue weighted by Crippen LogP contribution is -2.21. The first-order chi connectivity index (χ1) is 15.9. The van der Waals surface area contributed by atoms with E-state index in [1.165, 1.54) is 19.5 Å². The van der Waals surface area contributed by atoms with E-state index in [0.717, 1.165) is 49.7 Å². The molecule has 1 aliphatic rings. The zero-order valence-corrected chi connectivity index (χ0v) is 21.5. The van der Waals surface area contributed by atoms with E-state index in [0.29, 0.717) is 0 Å². The molecule has 2 aromatic carbocycles. The van der Waals surface area contributed by atoms with Gasteiger partial charge in [-0.1, -0.05) is 54.6 Å². The molecule has 0 amide bonds. The van der Waals surface area contributed by atoms with Gasteiger partial charge in [0.05, 0.1) is 5.30 Å². The second-order valence-electron chi connectivity index (χ2n) is 8.60. The molecule has 5 heteroatoms. The molecule has 1 unspecified atom stereocenters. The largest absolute Gasteiger partial charge is 0.455 e. The molecule has 1 atom stereocenters. The van der Waals surface area contributed by atoms with E-state index in [1.54, 1.807) is 22.7 Å². The van der Waals surface area contributed by atoms with Crippen LogP contribution in [-0.2, 0) is 4.57 Å². The van der Waals surface area contributed by atoms with Gasteiger partial charge in [-0.3, -0.25) is 0 Å². The van der Waals surface area contributed by atoms with Crippen molar-refractivity contribution >= 4 is 45.7 Å². The average Bonchev–Trinajstić information content (AvgIpc) is 3.51. The Hall–Kier alpha value is -2.65. The third-order valence-corrected chi connectivity index (χ3v) is 11.5. The Balaban J connectivity index is 1.79. The van der Waals surface area contributed by atoms with Crippen molar-refractivity contribution in [1.29, 1.82) is 0 Å². The molecule has 2 nitrogen and oxygen atoms in total. The monoisotopic (exact) mass is 486 g/mol. The summed E-state index contributed by atoms with van der Waals surface area (Å²) in [6, 6.07) is 22.4. The summed E-state index contributed by atoms with van der Waals surface area (Å²) < 4.78 is 22.0. The van der Waals surface area contributed by atoms with Crippen LogP contribution in [-0.4, -0.2) is 0 Å². The van der Waals surface area contributed by atoms with E-state index < -0.39 is 7.14 Å². The van der Waals surface area contributed by atoms with Gasteiger partial charge in [0.2, 0.25) is 0 Å². The summed E-state index contributed by atoms with van der Waals surface area (Å²) in [4.78, 5) is 4.92. The SMILES string of the molecule is Cc1cc(-c2oc3c(c2-c2cc(C)sc2C)P(=O)(c2ccccc2)c2ccccc2-3)c(C)s1. The molecule has 0 fully saturated rings. The van der Waals surface area contributed by atoms with Crippen molar-refractivity contribution in [2.75, 3.05) is 0 Å². The molecule has 33 heavy (non-hydrogen) atoms. The molecular formula is C28H23O2PS2. The van der Waals surface area contributed by atoms with Crippen molar-refractivity contribution in [2.24, 2.45) is 0 Å². The first-order valence-electron chi connectivity index (χ1n) is 11.0. The molecule has 0 aliphatic carbocycles. The maximum atomic E-state index is 15.3. The molecule has 164 valence electrons. The Morgan fingerprint density at radius 1 is 0.697 bits per heavy atom. The fraction of sp³-hybridized carbons (Fsp3) is 0.143. The van der Waals surface area contributed by atoms with Crippen LogP contribution in [0.25, 0.3) is 33.8 Å². The van der Waals surface area contributed by atoms with E-state index >= 15 is 4.57 Å². The minimum Gasteiger partial charge on any atom is -0.455 e. The van der Waals surface area contributed by atoms with Crippen LogP contribution in [0.15, 0.2) is 71.1 Å². The molecule has 3 aromatic heterocycles. The number of rotatable bonds is 3. The number of hydrogen-bond donors (Lipinski definition) is 0. The molecule has 6 rings (SSSR count). The van der Waals surface area contributed by atoms with Crippen LogP contribution < -0.4 is 15.9 Å². The van der Waals surface area contributed by atoms with Gasteiger partial charge in [0.25, 0.3) is 0 Å². The Bertz CT molecular complexity index is 1580. The van der Waals surface area contributed by atoms with E-state index in [9.17, 15) is 0 Å². The highest BCUT2D eigenvalue weighted by molar-refractivity contribution is 7.86. The number of thiophene rings is 2. The topological polar surface area (TPSA) is 30.2 Å². The summed E-state index contributed by atoms with van der Waals surface area (Å²) in [7, 11) is -3.11. The van der Waals surface area contributed by atoms with Crippen molar-refractivity contribution in [1.82, 2.24) is 0 Å². The second-order valence-corrected chi connectivity index (χ2v) is 14.2. The molecule has 4 heterocycles. The fourth-order valence-electron chi connectivity index (χ4n) is 5.05. The smallest absolute Gasteiger partial charge is 0.176 e. The van der Waals surface area contributed by atoms with E-state index in [2.05, 4.69) is 39.8 Å². The highest BCUT2D eigenvalue weighted by atomic mass is 32.1. The number of benzene rings is 2. The molecule has 0 N–H and O–H groups in total. The van der Waals surface area contributed by atoms with Gasteiger partial charge in [-0.15, -0.1) is 22.7 Å². The number of furan rings is 1. The van der Waals surface area contributed by atoms with Gasteiger partial charge in [0.1, 0.15) is 11.5 Å². The molecule has 1 aliphatic heterocycles. The molecule has 0 saturated heterocycles. The number of hydrogen-bond acceptors (Lipinski definition) is 4. The van der Waals surface area contributed by atoms with Crippen LogP contribution in [0, 0.1) is 27.7 Å². The van der Waals surface area contributed by atoms with Crippen molar-refractivity contribution in [2.45, 2.75) is 27.7 Å². The van der Waals surface area contributed by atoms with Crippen LogP contribution >= 0.6 is 29.8 Å². The summed E-state index contributed by atoms with van der Waals surface area (Å²) >= 11 is 3.55. The van der Waals surface area contributed by atoms with E-state index in [-0.39, 0.29) is 0 Å². The third-order valence-electron chi connectivity index (χ3n) is 6.40. The molecule has 0 saturated carbocycles. The van der Waals surface area contributed by atoms with Crippen molar-refractivity contribution in [3.05, 3.63) is 86.2 Å². The van der Waals surface area contributed by atoms with Crippen molar-refractivity contribution in [3.63, 3.8) is 0 Å². The Labute approximate surface area is 201 Å². The number of fused-ring (bicyclic) bond motifs is 3. The van der Waals surface area contributed by atoms with Crippen LogP contribution in [0.2, 0.25) is 0 Å². The van der Waals surface area contributed by atoms with E-state index in [4.69, 9.17) is 4.42 Å². The van der Waals surface area contributed by atoms with Crippen LogP contribution in [0.1, 0.15) is 19.5 Å². The molecular weight excluding hydrogens is 463 g/mol. The van der Waals surface area contributed by atoms with Gasteiger partial charge in [-0.2, -0.15) is 0 Å². The zero-order valence-electron chi connectivity index (χ0n) is 18.9. The Kier molecular flexibility index (Phi) is 4.71. The van der Waals surface area contributed by atoms with Crippen LogP contribution in [0.5, 0.6) is 0 Å². The minimum absolute atomic E-state index is 0.759. The van der Waals surface area contributed by atoms with Crippen LogP contribution in [0.3, 0.4) is 0 Å². The second kappa shape index (κ2) is 7.43. The van der Waals surface area contributed by atoms with Gasteiger partial charge in [0, 0.05) is 52.4 Å². The molecule has 0 bridgehead atoms. The van der Waals surface area contributed by atoms with Gasteiger partial charge in [-0.25, -0.2) is 0 Å².